The summed E-state index contributed by atoms with van der Waals surface area (Å²) in [6.45, 7) is 1.86. The number of rotatable bonds is 4. The third kappa shape index (κ3) is 2.76. The van der Waals surface area contributed by atoms with Gasteiger partial charge in [0.25, 0.3) is 5.91 Å². The van der Waals surface area contributed by atoms with E-state index in [1.54, 1.807) is 30.3 Å². The molecule has 5 nitrogen and oxygen atoms in total. The van der Waals surface area contributed by atoms with Crippen LogP contribution in [-0.4, -0.2) is 25.2 Å². The highest BCUT2D eigenvalue weighted by Gasteiger charge is 2.18. The van der Waals surface area contributed by atoms with E-state index in [-0.39, 0.29) is 11.3 Å². The van der Waals surface area contributed by atoms with Crippen LogP contribution in [0.1, 0.15) is 15.9 Å². The maximum Gasteiger partial charge on any atom is 0.252 e. The normalized spacial score (nSPS) is 10.2. The van der Waals surface area contributed by atoms with Crippen LogP contribution in [0.3, 0.4) is 0 Å². The predicted molar refractivity (Wildman–Crippen MR) is 79.9 cm³/mol. The molecule has 0 bridgehead atoms. The van der Waals surface area contributed by atoms with Gasteiger partial charge in [0.15, 0.2) is 0 Å². The smallest absolute Gasteiger partial charge is 0.252 e. The van der Waals surface area contributed by atoms with Gasteiger partial charge in [0.05, 0.1) is 19.8 Å². The summed E-state index contributed by atoms with van der Waals surface area (Å²) in [6.07, 6.45) is 0. The number of nitrogens with two attached hydrogens (primary N) is 1. The van der Waals surface area contributed by atoms with E-state index < -0.39 is 5.91 Å². The number of phenolic OH excluding ortho intramolecular Hbond substituents is 1. The monoisotopic (exact) mass is 287 g/mol. The molecule has 1 amide bonds. The Hall–Kier alpha value is -2.69. The summed E-state index contributed by atoms with van der Waals surface area (Å²) in [6, 6.07) is 8.28. The third-order valence-electron chi connectivity index (χ3n) is 3.27. The summed E-state index contributed by atoms with van der Waals surface area (Å²) in [5.41, 5.74) is 8.01. The lowest BCUT2D eigenvalue weighted by molar-refractivity contribution is 0.0997. The highest BCUT2D eigenvalue weighted by molar-refractivity contribution is 5.99. The molecular weight excluding hydrogens is 270 g/mol. The maximum atomic E-state index is 11.6. The Kier molecular flexibility index (Phi) is 4.03. The molecule has 0 spiro atoms. The first-order valence-electron chi connectivity index (χ1n) is 6.33. The number of amides is 1. The van der Waals surface area contributed by atoms with Crippen LogP contribution in [0, 0.1) is 6.92 Å². The summed E-state index contributed by atoms with van der Waals surface area (Å²) in [7, 11) is 2.99. The summed E-state index contributed by atoms with van der Waals surface area (Å²) < 4.78 is 10.6. The van der Waals surface area contributed by atoms with Crippen molar-refractivity contribution in [1.82, 2.24) is 0 Å². The molecule has 5 heteroatoms. The molecule has 0 aromatic heterocycles. The molecule has 0 heterocycles. The minimum atomic E-state index is -0.594. The zero-order valence-corrected chi connectivity index (χ0v) is 12.1. The number of methoxy groups -OCH3 is 2. The summed E-state index contributed by atoms with van der Waals surface area (Å²) in [5.74, 6) is 0.473. The molecule has 0 radical (unpaired) electrons. The van der Waals surface area contributed by atoms with Gasteiger partial charge in [-0.05, 0) is 42.3 Å². The predicted octanol–water partition coefficient (Wildman–Crippen LogP) is 2.48. The fourth-order valence-corrected chi connectivity index (χ4v) is 2.27. The van der Waals surface area contributed by atoms with E-state index in [0.29, 0.717) is 17.1 Å². The van der Waals surface area contributed by atoms with Gasteiger partial charge in [0.2, 0.25) is 0 Å². The molecule has 21 heavy (non-hydrogen) atoms. The van der Waals surface area contributed by atoms with Crippen molar-refractivity contribution >= 4 is 5.91 Å². The van der Waals surface area contributed by atoms with E-state index in [1.807, 2.05) is 6.92 Å². The Labute approximate surface area is 122 Å². The zero-order chi connectivity index (χ0) is 15.6. The second-order valence-corrected chi connectivity index (χ2v) is 4.62. The second kappa shape index (κ2) is 5.75. The number of carbonyl (C=O) groups excluding carboxylic acids is 1. The minimum Gasteiger partial charge on any atom is -0.508 e. The first kappa shape index (κ1) is 14.7. The molecule has 0 aliphatic carbocycles. The zero-order valence-electron chi connectivity index (χ0n) is 12.1. The Morgan fingerprint density at radius 1 is 1.10 bits per heavy atom. The molecule has 110 valence electrons. The number of benzene rings is 2. The molecule has 0 saturated carbocycles. The first-order chi connectivity index (χ1) is 9.97. The van der Waals surface area contributed by atoms with Gasteiger partial charge >= 0.3 is 0 Å². The van der Waals surface area contributed by atoms with Gasteiger partial charge in [0, 0.05) is 5.56 Å². The van der Waals surface area contributed by atoms with Crippen LogP contribution in [0.4, 0.5) is 0 Å². The third-order valence-corrected chi connectivity index (χ3v) is 3.27. The molecule has 0 atom stereocenters. The van der Waals surface area contributed by atoms with Crippen LogP contribution < -0.4 is 15.2 Å². The highest BCUT2D eigenvalue weighted by atomic mass is 16.5. The fraction of sp³-hybridized carbons (Fsp3) is 0.188. The van der Waals surface area contributed by atoms with Crippen LogP contribution in [-0.2, 0) is 0 Å². The van der Waals surface area contributed by atoms with Gasteiger partial charge in [-0.15, -0.1) is 0 Å². The summed E-state index contributed by atoms with van der Waals surface area (Å²) >= 11 is 0. The van der Waals surface area contributed by atoms with Crippen LogP contribution >= 0.6 is 0 Å². The average Bonchev–Trinajstić information content (AvgIpc) is 2.45. The van der Waals surface area contributed by atoms with Crippen LogP contribution in [0.5, 0.6) is 17.2 Å². The summed E-state index contributed by atoms with van der Waals surface area (Å²) in [4.78, 5) is 11.6. The molecule has 0 saturated heterocycles. The first-order valence-corrected chi connectivity index (χ1v) is 6.33. The number of carbonyl (C=O) groups is 1. The number of hydrogen-bond donors (Lipinski definition) is 2. The second-order valence-electron chi connectivity index (χ2n) is 4.62. The van der Waals surface area contributed by atoms with Crippen LogP contribution in [0.15, 0.2) is 30.3 Å². The van der Waals surface area contributed by atoms with Crippen LogP contribution in [0.2, 0.25) is 0 Å². The minimum absolute atomic E-state index is 0.174. The maximum absolute atomic E-state index is 11.6. The van der Waals surface area contributed by atoms with E-state index in [9.17, 15) is 9.90 Å². The lowest BCUT2D eigenvalue weighted by Crippen LogP contribution is -2.13. The van der Waals surface area contributed by atoms with Crippen molar-refractivity contribution < 1.29 is 19.4 Å². The van der Waals surface area contributed by atoms with Crippen molar-refractivity contribution in [3.8, 4) is 28.4 Å². The molecule has 0 unspecified atom stereocenters. The van der Waals surface area contributed by atoms with Gasteiger partial charge in [-0.2, -0.15) is 0 Å². The molecular formula is C16H17NO4. The SMILES string of the molecule is COc1cc(C(N)=O)c(OC)c(-c2ccc(O)cc2C)c1. The standard InChI is InChI=1S/C16H17NO4/c1-9-6-10(18)4-5-12(9)13-7-11(20-2)8-14(16(17)19)15(13)21-3/h4-8,18H,1-3H3,(H2,17,19). The average molecular weight is 287 g/mol. The molecule has 2 aromatic carbocycles. The number of aryl methyl sites for hydroxylation is 1. The molecule has 3 N–H and O–H groups in total. The van der Waals surface area contributed by atoms with Crippen molar-refractivity contribution in [2.75, 3.05) is 14.2 Å². The largest absolute Gasteiger partial charge is 0.508 e. The summed E-state index contributed by atoms with van der Waals surface area (Å²) in [5, 5.41) is 9.52. The van der Waals surface area contributed by atoms with Gasteiger partial charge in [-0.25, -0.2) is 0 Å². The lowest BCUT2D eigenvalue weighted by Gasteiger charge is -2.16. The number of primary amides is 1. The molecule has 0 aliphatic rings. The molecule has 0 aliphatic heterocycles. The van der Waals surface area contributed by atoms with E-state index in [1.165, 1.54) is 14.2 Å². The van der Waals surface area contributed by atoms with E-state index in [0.717, 1.165) is 11.1 Å². The lowest BCUT2D eigenvalue weighted by atomic mass is 9.96. The van der Waals surface area contributed by atoms with Crippen molar-refractivity contribution in [2.24, 2.45) is 5.73 Å². The van der Waals surface area contributed by atoms with Crippen molar-refractivity contribution in [2.45, 2.75) is 6.92 Å². The Bertz CT molecular complexity index is 695. The van der Waals surface area contributed by atoms with E-state index in [4.69, 9.17) is 15.2 Å². The van der Waals surface area contributed by atoms with Crippen LogP contribution in [0.25, 0.3) is 11.1 Å². The topological polar surface area (TPSA) is 81.8 Å². The van der Waals surface area contributed by atoms with Gasteiger partial charge < -0.3 is 20.3 Å². The highest BCUT2D eigenvalue weighted by Crippen LogP contribution is 2.39. The quantitative estimate of drug-likeness (QED) is 0.905. The van der Waals surface area contributed by atoms with Gasteiger partial charge in [-0.3, -0.25) is 4.79 Å². The van der Waals surface area contributed by atoms with Crippen molar-refractivity contribution in [3.63, 3.8) is 0 Å². The number of hydrogen-bond acceptors (Lipinski definition) is 4. The Morgan fingerprint density at radius 3 is 2.33 bits per heavy atom. The number of phenols is 1. The molecule has 0 fully saturated rings. The van der Waals surface area contributed by atoms with E-state index in [2.05, 4.69) is 0 Å². The van der Waals surface area contributed by atoms with Gasteiger partial charge in [0.1, 0.15) is 17.2 Å². The Balaban J connectivity index is 2.77. The van der Waals surface area contributed by atoms with Crippen molar-refractivity contribution in [3.05, 3.63) is 41.5 Å². The molecule has 2 rings (SSSR count). The van der Waals surface area contributed by atoms with Crippen molar-refractivity contribution in [1.29, 1.82) is 0 Å². The number of ether oxygens (including phenoxy) is 2. The van der Waals surface area contributed by atoms with E-state index >= 15 is 0 Å². The molecule has 2 aromatic rings. The number of aromatic hydroxyl groups is 1. The van der Waals surface area contributed by atoms with Gasteiger partial charge in [-0.1, -0.05) is 6.07 Å². The fourth-order valence-electron chi connectivity index (χ4n) is 2.27. The Morgan fingerprint density at radius 2 is 1.81 bits per heavy atom.